The molecule has 254 valence electrons. The minimum atomic E-state index is 0.107. The molecule has 5 rings (SSSR count). The number of nitrogens with zero attached hydrogens (tertiary/aromatic N) is 2. The molecule has 0 aliphatic carbocycles. The first-order valence-electron chi connectivity index (χ1n) is 16.5. The van der Waals surface area contributed by atoms with Gasteiger partial charge in [0.25, 0.3) is 0 Å². The SMILES string of the molecule is CC(C)(C)CCOc1cc(NC(=N)c2ccccn2)ccc1-c1ccc(-c2ccc(NC(=N)c3ccccn3)cc2OCCC(C)(C)C)o1. The number of rotatable bonds is 12. The number of amidine groups is 2. The third kappa shape index (κ3) is 10.0. The van der Waals surface area contributed by atoms with Gasteiger partial charge in [-0.2, -0.15) is 0 Å². The number of hydrogen-bond acceptors (Lipinski definition) is 7. The van der Waals surface area contributed by atoms with E-state index in [1.54, 1.807) is 24.5 Å². The van der Waals surface area contributed by atoms with Crippen molar-refractivity contribution in [2.75, 3.05) is 23.8 Å². The summed E-state index contributed by atoms with van der Waals surface area (Å²) in [5.41, 5.74) is 4.34. The van der Waals surface area contributed by atoms with Crippen molar-refractivity contribution in [2.24, 2.45) is 10.8 Å². The average molecular weight is 659 g/mol. The predicted molar refractivity (Wildman–Crippen MR) is 198 cm³/mol. The van der Waals surface area contributed by atoms with E-state index in [2.05, 4.69) is 62.1 Å². The topological polar surface area (TPSA) is 129 Å². The molecule has 0 amide bonds. The molecular formula is C40H46N6O3. The highest BCUT2D eigenvalue weighted by Crippen LogP contribution is 2.40. The quantitative estimate of drug-likeness (QED) is 0.0775. The van der Waals surface area contributed by atoms with E-state index in [4.69, 9.17) is 24.7 Å². The lowest BCUT2D eigenvalue weighted by Gasteiger charge is -2.20. The molecule has 5 aromatic rings. The molecule has 0 saturated heterocycles. The molecule has 3 aromatic heterocycles. The number of pyridine rings is 2. The second-order valence-corrected chi connectivity index (χ2v) is 14.3. The largest absolute Gasteiger partial charge is 0.493 e. The van der Waals surface area contributed by atoms with Crippen LogP contribution >= 0.6 is 0 Å². The van der Waals surface area contributed by atoms with Crippen LogP contribution in [-0.4, -0.2) is 34.9 Å². The fraction of sp³-hybridized carbons (Fsp3) is 0.300. The van der Waals surface area contributed by atoms with Gasteiger partial charge in [0.05, 0.1) is 24.3 Å². The first-order chi connectivity index (χ1) is 23.3. The molecule has 0 saturated carbocycles. The van der Waals surface area contributed by atoms with Crippen LogP contribution in [0.5, 0.6) is 11.5 Å². The van der Waals surface area contributed by atoms with Crippen LogP contribution in [0.4, 0.5) is 11.4 Å². The molecule has 0 radical (unpaired) electrons. The Kier molecular flexibility index (Phi) is 10.8. The van der Waals surface area contributed by atoms with Crippen LogP contribution < -0.4 is 20.1 Å². The van der Waals surface area contributed by atoms with Crippen LogP contribution in [-0.2, 0) is 0 Å². The van der Waals surface area contributed by atoms with Crippen LogP contribution in [0.1, 0.15) is 65.8 Å². The van der Waals surface area contributed by atoms with Crippen molar-refractivity contribution in [1.82, 2.24) is 9.97 Å². The molecule has 0 aliphatic rings. The zero-order valence-electron chi connectivity index (χ0n) is 29.2. The van der Waals surface area contributed by atoms with Gasteiger partial charge in [-0.05, 0) is 84.3 Å². The monoisotopic (exact) mass is 658 g/mol. The fourth-order valence-electron chi connectivity index (χ4n) is 4.85. The van der Waals surface area contributed by atoms with Crippen molar-refractivity contribution in [2.45, 2.75) is 54.4 Å². The highest BCUT2D eigenvalue weighted by atomic mass is 16.5. The number of ether oxygens (including phenoxy) is 2. The molecule has 0 spiro atoms. The van der Waals surface area contributed by atoms with Crippen molar-refractivity contribution in [1.29, 1.82) is 10.8 Å². The van der Waals surface area contributed by atoms with E-state index in [0.29, 0.717) is 59.0 Å². The maximum absolute atomic E-state index is 8.51. The first kappa shape index (κ1) is 34.9. The summed E-state index contributed by atoms with van der Waals surface area (Å²) >= 11 is 0. The summed E-state index contributed by atoms with van der Waals surface area (Å²) in [6.45, 7) is 14.2. The molecule has 0 fully saturated rings. The molecule has 0 bridgehead atoms. The van der Waals surface area contributed by atoms with Crippen LogP contribution in [0.2, 0.25) is 0 Å². The van der Waals surface area contributed by atoms with Crippen molar-refractivity contribution < 1.29 is 13.9 Å². The van der Waals surface area contributed by atoms with Gasteiger partial charge in [-0.3, -0.25) is 20.8 Å². The minimum absolute atomic E-state index is 0.107. The minimum Gasteiger partial charge on any atom is -0.493 e. The smallest absolute Gasteiger partial charge is 0.148 e. The van der Waals surface area contributed by atoms with Crippen molar-refractivity contribution in [3.63, 3.8) is 0 Å². The zero-order valence-corrected chi connectivity index (χ0v) is 29.2. The highest BCUT2D eigenvalue weighted by molar-refractivity contribution is 6.05. The van der Waals surface area contributed by atoms with Gasteiger partial charge in [-0.1, -0.05) is 53.7 Å². The lowest BCUT2D eigenvalue weighted by atomic mass is 9.93. The molecule has 9 heteroatoms. The Labute approximate surface area is 289 Å². The Morgan fingerprint density at radius 3 is 1.41 bits per heavy atom. The standard InChI is InChI=1S/C40H46N6O3/c1-39(2,3)19-23-47-35-25-27(45-37(41)31-11-7-9-21-43-31)13-15-29(35)33-17-18-34(49-33)30-16-14-28(26-36(30)48-24-20-40(4,5)6)46-38(42)32-12-8-10-22-44-32/h7-18,21-22,25-26H,19-20,23-24H2,1-6H3,(H2,41,45)(H2,42,46). The number of anilines is 2. The summed E-state index contributed by atoms with van der Waals surface area (Å²) in [4.78, 5) is 8.56. The van der Waals surface area contributed by atoms with Crippen molar-refractivity contribution in [3.05, 3.63) is 109 Å². The fourth-order valence-corrected chi connectivity index (χ4v) is 4.85. The zero-order chi connectivity index (χ0) is 35.0. The molecule has 0 aliphatic heterocycles. The number of furan rings is 1. The average Bonchev–Trinajstić information content (AvgIpc) is 3.54. The second kappa shape index (κ2) is 15.2. The van der Waals surface area contributed by atoms with Gasteiger partial charge in [0, 0.05) is 35.9 Å². The summed E-state index contributed by atoms with van der Waals surface area (Å²) < 4.78 is 19.2. The molecule has 9 nitrogen and oxygen atoms in total. The molecule has 49 heavy (non-hydrogen) atoms. The van der Waals surface area contributed by atoms with E-state index < -0.39 is 0 Å². The summed E-state index contributed by atoms with van der Waals surface area (Å²) in [6, 6.07) is 26.3. The number of aromatic nitrogens is 2. The van der Waals surface area contributed by atoms with Crippen LogP contribution in [0, 0.1) is 21.6 Å². The normalized spacial score (nSPS) is 11.6. The summed E-state index contributed by atoms with van der Waals surface area (Å²) in [5, 5.41) is 23.3. The van der Waals surface area contributed by atoms with Gasteiger partial charge in [0.15, 0.2) is 0 Å². The van der Waals surface area contributed by atoms with E-state index in [9.17, 15) is 0 Å². The van der Waals surface area contributed by atoms with Crippen molar-refractivity contribution >= 4 is 23.0 Å². The van der Waals surface area contributed by atoms with Crippen LogP contribution in [0.15, 0.2) is 102 Å². The third-order valence-electron chi connectivity index (χ3n) is 7.70. The van der Waals surface area contributed by atoms with Gasteiger partial charge in [0.2, 0.25) is 0 Å². The number of benzene rings is 2. The molecule has 3 heterocycles. The molecule has 2 aromatic carbocycles. The van der Waals surface area contributed by atoms with Gasteiger partial charge in [-0.15, -0.1) is 0 Å². The Morgan fingerprint density at radius 1 is 0.612 bits per heavy atom. The Hall–Kier alpha value is -5.44. The van der Waals surface area contributed by atoms with E-state index in [1.165, 1.54) is 0 Å². The lowest BCUT2D eigenvalue weighted by molar-refractivity contribution is 0.243. The molecule has 4 N–H and O–H groups in total. The number of nitrogens with one attached hydrogen (secondary N) is 4. The van der Waals surface area contributed by atoms with E-state index in [-0.39, 0.29) is 22.5 Å². The Morgan fingerprint density at radius 2 is 1.04 bits per heavy atom. The Balaban J connectivity index is 1.44. The summed E-state index contributed by atoms with van der Waals surface area (Å²) in [5.74, 6) is 2.98. The first-order valence-corrected chi connectivity index (χ1v) is 16.5. The van der Waals surface area contributed by atoms with Crippen molar-refractivity contribution in [3.8, 4) is 34.1 Å². The Bertz CT molecular complexity index is 1740. The van der Waals surface area contributed by atoms with Gasteiger partial charge < -0.3 is 24.5 Å². The molecular weight excluding hydrogens is 612 g/mol. The summed E-state index contributed by atoms with van der Waals surface area (Å²) in [6.07, 6.45) is 5.07. The molecule has 0 unspecified atom stereocenters. The maximum Gasteiger partial charge on any atom is 0.148 e. The van der Waals surface area contributed by atoms with E-state index in [1.807, 2.05) is 72.8 Å². The lowest BCUT2D eigenvalue weighted by Crippen LogP contribution is -2.14. The van der Waals surface area contributed by atoms with E-state index >= 15 is 0 Å². The maximum atomic E-state index is 8.51. The van der Waals surface area contributed by atoms with Gasteiger partial charge in [-0.25, -0.2) is 0 Å². The highest BCUT2D eigenvalue weighted by Gasteiger charge is 2.19. The summed E-state index contributed by atoms with van der Waals surface area (Å²) in [7, 11) is 0. The number of hydrogen-bond donors (Lipinski definition) is 4. The third-order valence-corrected chi connectivity index (χ3v) is 7.70. The van der Waals surface area contributed by atoms with E-state index in [0.717, 1.165) is 24.0 Å². The predicted octanol–water partition coefficient (Wildman–Crippen LogP) is 9.91. The van der Waals surface area contributed by atoms with Gasteiger partial charge in [0.1, 0.15) is 46.1 Å². The molecule has 0 atom stereocenters. The second-order valence-electron chi connectivity index (χ2n) is 14.3. The van der Waals surface area contributed by atoms with Gasteiger partial charge >= 0.3 is 0 Å². The van der Waals surface area contributed by atoms with Crippen LogP contribution in [0.3, 0.4) is 0 Å². The van der Waals surface area contributed by atoms with Crippen LogP contribution in [0.25, 0.3) is 22.6 Å².